The van der Waals surface area contributed by atoms with E-state index in [0.29, 0.717) is 11.8 Å². The van der Waals surface area contributed by atoms with Crippen molar-refractivity contribution >= 4 is 6.29 Å². The van der Waals surface area contributed by atoms with Gasteiger partial charge in [0, 0.05) is 11.8 Å². The SMILES string of the molecule is C=C1CC[C@H]([C@H](C)CCC=C(C)C)[C@H]2C(C=O)=CC[C@@H]1[C@@H]2O. The van der Waals surface area contributed by atoms with Gasteiger partial charge in [-0.15, -0.1) is 0 Å². The number of hydrogen-bond acceptors (Lipinski definition) is 2. The molecule has 2 bridgehead atoms. The molecule has 0 heterocycles. The molecule has 0 aromatic heterocycles. The van der Waals surface area contributed by atoms with E-state index in [4.69, 9.17) is 0 Å². The lowest BCUT2D eigenvalue weighted by Gasteiger charge is -2.38. The highest BCUT2D eigenvalue weighted by Gasteiger charge is 2.43. The second-order valence-corrected chi connectivity index (χ2v) is 7.38. The quantitative estimate of drug-likeness (QED) is 0.601. The van der Waals surface area contributed by atoms with E-state index in [1.807, 2.05) is 6.08 Å². The number of allylic oxidation sites excluding steroid dienone is 3. The molecule has 1 N–H and O–H groups in total. The van der Waals surface area contributed by atoms with Gasteiger partial charge in [0.05, 0.1) is 6.10 Å². The number of aliphatic hydroxyl groups is 1. The van der Waals surface area contributed by atoms with Crippen LogP contribution >= 0.6 is 0 Å². The number of fused-ring (bicyclic) bond motifs is 2. The third-order valence-electron chi connectivity index (χ3n) is 5.60. The maximum Gasteiger partial charge on any atom is 0.146 e. The highest BCUT2D eigenvalue weighted by atomic mass is 16.3. The lowest BCUT2D eigenvalue weighted by molar-refractivity contribution is -0.106. The third-order valence-corrected chi connectivity index (χ3v) is 5.60. The Morgan fingerprint density at radius 1 is 1.50 bits per heavy atom. The third kappa shape index (κ3) is 3.60. The van der Waals surface area contributed by atoms with Crippen LogP contribution in [-0.4, -0.2) is 17.5 Å². The lowest BCUT2D eigenvalue weighted by atomic mass is 9.69. The van der Waals surface area contributed by atoms with E-state index >= 15 is 0 Å². The van der Waals surface area contributed by atoms with Gasteiger partial charge in [-0.1, -0.05) is 36.8 Å². The number of carbonyl (C=O) groups excluding carboxylic acids is 1. The van der Waals surface area contributed by atoms with Crippen LogP contribution in [0.1, 0.15) is 52.9 Å². The van der Waals surface area contributed by atoms with Crippen molar-refractivity contribution in [1.29, 1.82) is 0 Å². The van der Waals surface area contributed by atoms with Crippen LogP contribution in [0.25, 0.3) is 0 Å². The molecule has 0 aliphatic heterocycles. The molecule has 0 saturated heterocycles. The highest BCUT2D eigenvalue weighted by Crippen LogP contribution is 2.46. The Bertz CT molecular complexity index is 482. The normalized spacial score (nSPS) is 32.7. The predicted molar refractivity (Wildman–Crippen MR) is 91.4 cm³/mol. The first-order chi connectivity index (χ1) is 10.5. The van der Waals surface area contributed by atoms with Crippen LogP contribution < -0.4 is 0 Å². The van der Waals surface area contributed by atoms with E-state index in [1.54, 1.807) is 0 Å². The first-order valence-electron chi connectivity index (χ1n) is 8.60. The summed E-state index contributed by atoms with van der Waals surface area (Å²) in [5, 5.41) is 10.8. The van der Waals surface area contributed by atoms with Crippen LogP contribution in [0.15, 0.2) is 35.5 Å². The zero-order valence-corrected chi connectivity index (χ0v) is 14.2. The summed E-state index contributed by atoms with van der Waals surface area (Å²) in [6, 6.07) is 0. The number of hydrogen-bond donors (Lipinski definition) is 1. The van der Waals surface area contributed by atoms with Crippen molar-refractivity contribution in [3.8, 4) is 0 Å². The molecule has 122 valence electrons. The fourth-order valence-corrected chi connectivity index (χ4v) is 4.23. The summed E-state index contributed by atoms with van der Waals surface area (Å²) >= 11 is 0. The summed E-state index contributed by atoms with van der Waals surface area (Å²) in [4.78, 5) is 11.5. The Morgan fingerprint density at radius 2 is 2.23 bits per heavy atom. The maximum atomic E-state index is 11.5. The Labute approximate surface area is 135 Å². The molecule has 2 heteroatoms. The Hall–Kier alpha value is -1.15. The van der Waals surface area contributed by atoms with E-state index in [1.165, 1.54) is 5.57 Å². The molecular formula is C20H30O2. The Kier molecular flexibility index (Phi) is 5.80. The molecule has 0 radical (unpaired) electrons. The van der Waals surface area contributed by atoms with Gasteiger partial charge in [-0.2, -0.15) is 0 Å². The Balaban J connectivity index is 2.19. The Morgan fingerprint density at radius 3 is 2.86 bits per heavy atom. The van der Waals surface area contributed by atoms with Crippen LogP contribution in [0.2, 0.25) is 0 Å². The topological polar surface area (TPSA) is 37.3 Å². The van der Waals surface area contributed by atoms with Gasteiger partial charge in [0.2, 0.25) is 0 Å². The van der Waals surface area contributed by atoms with E-state index in [9.17, 15) is 9.90 Å². The van der Waals surface area contributed by atoms with Crippen LogP contribution in [0.4, 0.5) is 0 Å². The number of carbonyl (C=O) groups is 1. The first kappa shape index (κ1) is 17.2. The average Bonchev–Trinajstić information content (AvgIpc) is 2.54. The van der Waals surface area contributed by atoms with Crippen molar-refractivity contribution in [1.82, 2.24) is 0 Å². The van der Waals surface area contributed by atoms with Gasteiger partial charge >= 0.3 is 0 Å². The standard InChI is InChI=1S/C20H30O2/c1-13(2)6-5-7-14(3)17-10-8-15(4)18-11-9-16(12-21)19(17)20(18)22/h6,9,12,14,17-20,22H,4-5,7-8,10-11H2,1-3H3/t14-,17-,18+,19-,20+/m1/s1. The molecular weight excluding hydrogens is 272 g/mol. The van der Waals surface area contributed by atoms with Crippen molar-refractivity contribution in [2.45, 2.75) is 59.0 Å². The smallest absolute Gasteiger partial charge is 0.146 e. The van der Waals surface area contributed by atoms with Crippen molar-refractivity contribution < 1.29 is 9.90 Å². The largest absolute Gasteiger partial charge is 0.392 e. The zero-order chi connectivity index (χ0) is 16.3. The molecule has 0 aromatic carbocycles. The molecule has 2 aliphatic carbocycles. The monoisotopic (exact) mass is 302 g/mol. The molecule has 2 aliphatic rings. The van der Waals surface area contributed by atoms with Crippen LogP contribution in [0.3, 0.4) is 0 Å². The lowest BCUT2D eigenvalue weighted by Crippen LogP contribution is -2.39. The minimum Gasteiger partial charge on any atom is -0.392 e. The summed E-state index contributed by atoms with van der Waals surface area (Å²) in [5.74, 6) is 1.02. The van der Waals surface area contributed by atoms with E-state index in [-0.39, 0.29) is 11.8 Å². The van der Waals surface area contributed by atoms with Gasteiger partial charge in [0.1, 0.15) is 6.29 Å². The summed E-state index contributed by atoms with van der Waals surface area (Å²) in [6.45, 7) is 10.7. The fourth-order valence-electron chi connectivity index (χ4n) is 4.23. The van der Waals surface area contributed by atoms with Crippen molar-refractivity contribution in [2.24, 2.45) is 23.7 Å². The molecule has 2 nitrogen and oxygen atoms in total. The van der Waals surface area contributed by atoms with Crippen molar-refractivity contribution in [2.75, 3.05) is 0 Å². The molecule has 0 amide bonds. The average molecular weight is 302 g/mol. The molecule has 2 rings (SSSR count). The second kappa shape index (κ2) is 7.41. The predicted octanol–water partition coefficient (Wildman–Crippen LogP) is 4.46. The fraction of sp³-hybridized carbons (Fsp3) is 0.650. The van der Waals surface area contributed by atoms with Gasteiger partial charge in [-0.25, -0.2) is 0 Å². The van der Waals surface area contributed by atoms with Gasteiger partial charge in [0.15, 0.2) is 0 Å². The minimum atomic E-state index is -0.434. The van der Waals surface area contributed by atoms with Gasteiger partial charge in [-0.05, 0) is 63.4 Å². The van der Waals surface area contributed by atoms with Crippen molar-refractivity contribution in [3.63, 3.8) is 0 Å². The first-order valence-corrected chi connectivity index (χ1v) is 8.60. The summed E-state index contributed by atoms with van der Waals surface area (Å²) in [5.41, 5.74) is 3.34. The molecule has 1 fully saturated rings. The van der Waals surface area contributed by atoms with Crippen LogP contribution in [-0.2, 0) is 4.79 Å². The van der Waals surface area contributed by atoms with E-state index in [0.717, 1.165) is 49.5 Å². The molecule has 1 saturated carbocycles. The summed E-state index contributed by atoms with van der Waals surface area (Å²) in [7, 11) is 0. The highest BCUT2D eigenvalue weighted by molar-refractivity contribution is 5.74. The molecule has 0 unspecified atom stereocenters. The molecule has 0 aromatic rings. The van der Waals surface area contributed by atoms with Crippen molar-refractivity contribution in [3.05, 3.63) is 35.5 Å². The minimum absolute atomic E-state index is 0.00259. The van der Waals surface area contributed by atoms with Crippen LogP contribution in [0.5, 0.6) is 0 Å². The van der Waals surface area contributed by atoms with E-state index in [2.05, 4.69) is 33.4 Å². The maximum absolute atomic E-state index is 11.5. The zero-order valence-electron chi connectivity index (χ0n) is 14.2. The number of rotatable bonds is 5. The van der Waals surface area contributed by atoms with Gasteiger partial charge in [0.25, 0.3) is 0 Å². The summed E-state index contributed by atoms with van der Waals surface area (Å²) < 4.78 is 0. The van der Waals surface area contributed by atoms with Gasteiger partial charge < -0.3 is 5.11 Å². The molecule has 5 atom stereocenters. The number of aliphatic hydroxyl groups excluding tert-OH is 1. The van der Waals surface area contributed by atoms with Crippen LogP contribution in [0, 0.1) is 23.7 Å². The summed E-state index contributed by atoms with van der Waals surface area (Å²) in [6.07, 6.45) is 9.83. The molecule has 22 heavy (non-hydrogen) atoms. The van der Waals surface area contributed by atoms with E-state index < -0.39 is 6.10 Å². The number of aldehydes is 1. The second-order valence-electron chi connectivity index (χ2n) is 7.38. The molecule has 0 spiro atoms. The van der Waals surface area contributed by atoms with Gasteiger partial charge in [-0.3, -0.25) is 4.79 Å².